The van der Waals surface area contributed by atoms with Gasteiger partial charge in [0.15, 0.2) is 0 Å². The van der Waals surface area contributed by atoms with E-state index in [4.69, 9.17) is 4.74 Å². The first kappa shape index (κ1) is 15.9. The Labute approximate surface area is 128 Å². The van der Waals surface area contributed by atoms with Crippen LogP contribution in [0.15, 0.2) is 24.3 Å². The fraction of sp³-hybridized carbons (Fsp3) is 0.611. The van der Waals surface area contributed by atoms with Crippen molar-refractivity contribution in [2.75, 3.05) is 11.9 Å². The van der Waals surface area contributed by atoms with Gasteiger partial charge in [0.05, 0.1) is 12.2 Å². The highest BCUT2D eigenvalue weighted by molar-refractivity contribution is 5.90. The first-order valence-corrected chi connectivity index (χ1v) is 8.14. The molecule has 1 aliphatic carbocycles. The Morgan fingerprint density at radius 1 is 1.38 bits per heavy atom. The molecular formula is C18H27NO2. The van der Waals surface area contributed by atoms with Gasteiger partial charge in [-0.3, -0.25) is 0 Å². The fourth-order valence-corrected chi connectivity index (χ4v) is 3.15. The molecule has 1 fully saturated rings. The second-order valence-corrected chi connectivity index (χ2v) is 6.31. The maximum absolute atomic E-state index is 11.8. The molecule has 1 N–H and O–H groups in total. The third kappa shape index (κ3) is 4.48. The molecule has 3 heteroatoms. The molecule has 0 bridgehead atoms. The molecule has 0 radical (unpaired) electrons. The standard InChI is InChI=1S/C18H27NO2/c1-4-21-18(20)15-8-6-10-17(12-15)19-16-9-5-7-14(11-16)13(2)3/h6,8,10,12-14,16,19H,4-5,7,9,11H2,1-3H3. The van der Waals surface area contributed by atoms with Crippen LogP contribution in [0.1, 0.15) is 56.8 Å². The lowest BCUT2D eigenvalue weighted by Gasteiger charge is -2.32. The molecule has 2 rings (SSSR count). The maximum atomic E-state index is 11.8. The van der Waals surface area contributed by atoms with Crippen LogP contribution in [-0.4, -0.2) is 18.6 Å². The molecule has 116 valence electrons. The normalized spacial score (nSPS) is 22.1. The molecule has 0 heterocycles. The Morgan fingerprint density at radius 3 is 2.90 bits per heavy atom. The van der Waals surface area contributed by atoms with E-state index < -0.39 is 0 Å². The van der Waals surface area contributed by atoms with Gasteiger partial charge in [-0.1, -0.05) is 32.8 Å². The molecule has 0 saturated heterocycles. The number of hydrogen-bond donors (Lipinski definition) is 1. The SMILES string of the molecule is CCOC(=O)c1cccc(NC2CCCC(C(C)C)C2)c1. The average molecular weight is 289 g/mol. The monoisotopic (exact) mass is 289 g/mol. The summed E-state index contributed by atoms with van der Waals surface area (Å²) in [6.45, 7) is 6.87. The van der Waals surface area contributed by atoms with Crippen LogP contribution in [0.5, 0.6) is 0 Å². The lowest BCUT2D eigenvalue weighted by molar-refractivity contribution is 0.0526. The number of benzene rings is 1. The molecule has 0 amide bonds. The van der Waals surface area contributed by atoms with Gasteiger partial charge in [0.1, 0.15) is 0 Å². The third-order valence-electron chi connectivity index (χ3n) is 4.40. The molecule has 0 aromatic heterocycles. The smallest absolute Gasteiger partial charge is 0.338 e. The predicted octanol–water partition coefficient (Wildman–Crippen LogP) is 4.49. The van der Waals surface area contributed by atoms with Crippen LogP contribution in [0, 0.1) is 11.8 Å². The van der Waals surface area contributed by atoms with Gasteiger partial charge in [0.2, 0.25) is 0 Å². The summed E-state index contributed by atoms with van der Waals surface area (Å²) in [5.41, 5.74) is 1.65. The number of hydrogen-bond acceptors (Lipinski definition) is 3. The number of ether oxygens (including phenoxy) is 1. The Hall–Kier alpha value is -1.51. The fourth-order valence-electron chi connectivity index (χ4n) is 3.15. The van der Waals surface area contributed by atoms with Crippen LogP contribution in [0.25, 0.3) is 0 Å². The van der Waals surface area contributed by atoms with Crippen LogP contribution in [0.3, 0.4) is 0 Å². The average Bonchev–Trinajstić information content (AvgIpc) is 2.48. The first-order valence-electron chi connectivity index (χ1n) is 8.14. The van der Waals surface area contributed by atoms with Crippen molar-refractivity contribution < 1.29 is 9.53 Å². The second kappa shape index (κ2) is 7.48. The third-order valence-corrected chi connectivity index (χ3v) is 4.40. The molecule has 2 unspecified atom stereocenters. The zero-order valence-electron chi connectivity index (χ0n) is 13.4. The van der Waals surface area contributed by atoms with Gasteiger partial charge in [-0.25, -0.2) is 4.79 Å². The minimum absolute atomic E-state index is 0.246. The Kier molecular flexibility index (Phi) is 5.66. The van der Waals surface area contributed by atoms with E-state index in [-0.39, 0.29) is 5.97 Å². The molecule has 1 aliphatic rings. The number of carbonyl (C=O) groups is 1. The van der Waals surface area contributed by atoms with Crippen molar-refractivity contribution in [1.29, 1.82) is 0 Å². The summed E-state index contributed by atoms with van der Waals surface area (Å²) in [5.74, 6) is 1.31. The number of anilines is 1. The molecule has 1 aromatic carbocycles. The van der Waals surface area contributed by atoms with Crippen LogP contribution in [0.4, 0.5) is 5.69 Å². The number of nitrogens with one attached hydrogen (secondary N) is 1. The molecule has 3 nitrogen and oxygen atoms in total. The first-order chi connectivity index (χ1) is 10.1. The van der Waals surface area contributed by atoms with E-state index in [2.05, 4.69) is 19.2 Å². The molecule has 1 saturated carbocycles. The van der Waals surface area contributed by atoms with Gasteiger partial charge in [0.25, 0.3) is 0 Å². The van der Waals surface area contributed by atoms with E-state index in [1.165, 1.54) is 25.7 Å². The quantitative estimate of drug-likeness (QED) is 0.812. The van der Waals surface area contributed by atoms with E-state index in [1.807, 2.05) is 25.1 Å². The Bertz CT molecular complexity index is 470. The van der Waals surface area contributed by atoms with Gasteiger partial charge in [-0.05, 0) is 49.8 Å². The molecule has 0 aliphatic heterocycles. The van der Waals surface area contributed by atoms with Crippen molar-refractivity contribution in [3.63, 3.8) is 0 Å². The topological polar surface area (TPSA) is 38.3 Å². The minimum Gasteiger partial charge on any atom is -0.462 e. The van der Waals surface area contributed by atoms with Gasteiger partial charge >= 0.3 is 5.97 Å². The van der Waals surface area contributed by atoms with Gasteiger partial charge < -0.3 is 10.1 Å². The van der Waals surface area contributed by atoms with Gasteiger partial charge in [0, 0.05) is 11.7 Å². The maximum Gasteiger partial charge on any atom is 0.338 e. The van der Waals surface area contributed by atoms with Crippen LogP contribution in [-0.2, 0) is 4.74 Å². The largest absolute Gasteiger partial charge is 0.462 e. The van der Waals surface area contributed by atoms with Crippen molar-refractivity contribution in [1.82, 2.24) is 0 Å². The Balaban J connectivity index is 1.99. The summed E-state index contributed by atoms with van der Waals surface area (Å²) in [6.07, 6.45) is 5.07. The summed E-state index contributed by atoms with van der Waals surface area (Å²) in [4.78, 5) is 11.8. The summed E-state index contributed by atoms with van der Waals surface area (Å²) in [7, 11) is 0. The summed E-state index contributed by atoms with van der Waals surface area (Å²) in [5, 5.41) is 3.60. The van der Waals surface area contributed by atoms with Crippen molar-refractivity contribution in [3.05, 3.63) is 29.8 Å². The van der Waals surface area contributed by atoms with E-state index >= 15 is 0 Å². The van der Waals surface area contributed by atoms with Gasteiger partial charge in [-0.15, -0.1) is 0 Å². The van der Waals surface area contributed by atoms with E-state index in [0.29, 0.717) is 18.2 Å². The highest BCUT2D eigenvalue weighted by atomic mass is 16.5. The highest BCUT2D eigenvalue weighted by Gasteiger charge is 2.24. The van der Waals surface area contributed by atoms with Crippen molar-refractivity contribution in [2.45, 2.75) is 52.5 Å². The second-order valence-electron chi connectivity index (χ2n) is 6.31. The van der Waals surface area contributed by atoms with Crippen LogP contribution >= 0.6 is 0 Å². The lowest BCUT2D eigenvalue weighted by Crippen LogP contribution is -2.29. The molecule has 0 spiro atoms. The van der Waals surface area contributed by atoms with Crippen LogP contribution in [0.2, 0.25) is 0 Å². The number of rotatable bonds is 5. The minimum atomic E-state index is -0.246. The zero-order chi connectivity index (χ0) is 15.2. The van der Waals surface area contributed by atoms with E-state index in [0.717, 1.165) is 17.5 Å². The molecular weight excluding hydrogens is 262 g/mol. The van der Waals surface area contributed by atoms with Crippen molar-refractivity contribution in [3.8, 4) is 0 Å². The van der Waals surface area contributed by atoms with Crippen LogP contribution < -0.4 is 5.32 Å². The number of carbonyl (C=O) groups excluding carboxylic acids is 1. The number of esters is 1. The predicted molar refractivity (Wildman–Crippen MR) is 86.6 cm³/mol. The van der Waals surface area contributed by atoms with E-state index in [9.17, 15) is 4.79 Å². The zero-order valence-corrected chi connectivity index (χ0v) is 13.4. The Morgan fingerprint density at radius 2 is 2.19 bits per heavy atom. The molecule has 21 heavy (non-hydrogen) atoms. The molecule has 2 atom stereocenters. The summed E-state index contributed by atoms with van der Waals surface area (Å²) >= 11 is 0. The van der Waals surface area contributed by atoms with Crippen molar-refractivity contribution >= 4 is 11.7 Å². The molecule has 1 aromatic rings. The van der Waals surface area contributed by atoms with E-state index in [1.54, 1.807) is 6.07 Å². The van der Waals surface area contributed by atoms with Gasteiger partial charge in [-0.2, -0.15) is 0 Å². The summed E-state index contributed by atoms with van der Waals surface area (Å²) in [6, 6.07) is 8.17. The van der Waals surface area contributed by atoms with Crippen molar-refractivity contribution in [2.24, 2.45) is 11.8 Å². The summed E-state index contributed by atoms with van der Waals surface area (Å²) < 4.78 is 5.05. The highest BCUT2D eigenvalue weighted by Crippen LogP contribution is 2.31. The lowest BCUT2D eigenvalue weighted by atomic mass is 9.79.